The molecule has 1 saturated heterocycles. The van der Waals surface area contributed by atoms with Crippen LogP contribution in [0.15, 0.2) is 35.7 Å². The summed E-state index contributed by atoms with van der Waals surface area (Å²) in [6.45, 7) is 7.71. The smallest absolute Gasteiger partial charge is 0.226 e. The minimum atomic E-state index is -0.143. The van der Waals surface area contributed by atoms with Crippen LogP contribution < -0.4 is 5.32 Å². The molecule has 2 heterocycles. The first-order valence-corrected chi connectivity index (χ1v) is 10.1. The monoisotopic (exact) mass is 372 g/mol. The first kappa shape index (κ1) is 19.1. The molecule has 0 bridgehead atoms. The number of thiazole rings is 1. The fraction of sp³-hybridized carbons (Fsp3) is 0.524. The Labute approximate surface area is 160 Å². The maximum atomic E-state index is 12.3. The molecule has 0 spiro atoms. The van der Waals surface area contributed by atoms with Gasteiger partial charge in [0.2, 0.25) is 5.91 Å². The summed E-state index contributed by atoms with van der Waals surface area (Å²) in [6.07, 6.45) is 3.23. The van der Waals surface area contributed by atoms with Crippen molar-refractivity contribution in [3.63, 3.8) is 0 Å². The number of carbonyl (C=O) groups is 1. The summed E-state index contributed by atoms with van der Waals surface area (Å²) >= 11 is 1.58. The maximum absolute atomic E-state index is 12.3. The molecular formula is C21H28N2O2S. The van der Waals surface area contributed by atoms with E-state index in [1.165, 1.54) is 5.56 Å². The molecule has 0 unspecified atom stereocenters. The van der Waals surface area contributed by atoms with Crippen molar-refractivity contribution in [2.75, 3.05) is 13.2 Å². The predicted octanol–water partition coefficient (Wildman–Crippen LogP) is 4.03. The molecule has 26 heavy (non-hydrogen) atoms. The van der Waals surface area contributed by atoms with Crippen LogP contribution in [0, 0.1) is 6.92 Å². The van der Waals surface area contributed by atoms with Crippen LogP contribution >= 0.6 is 11.3 Å². The SMILES string of the molecule is Cc1nc(CC(=O)NCC[C@@]2(c3ccccc3)CCOC(C)(C)C2)cs1. The normalized spacial score (nSPS) is 22.1. The van der Waals surface area contributed by atoms with Gasteiger partial charge in [-0.2, -0.15) is 0 Å². The van der Waals surface area contributed by atoms with E-state index in [0.717, 1.165) is 36.6 Å². The highest BCUT2D eigenvalue weighted by Crippen LogP contribution is 2.43. The number of carbonyl (C=O) groups excluding carboxylic acids is 1. The molecule has 1 fully saturated rings. The second-order valence-electron chi connectivity index (χ2n) is 7.82. The summed E-state index contributed by atoms with van der Waals surface area (Å²) in [5, 5.41) is 6.05. The van der Waals surface area contributed by atoms with Gasteiger partial charge < -0.3 is 10.1 Å². The molecule has 1 N–H and O–H groups in total. The third kappa shape index (κ3) is 4.71. The van der Waals surface area contributed by atoms with E-state index in [1.807, 2.05) is 12.3 Å². The Morgan fingerprint density at radius 3 is 2.73 bits per heavy atom. The van der Waals surface area contributed by atoms with Crippen molar-refractivity contribution in [1.29, 1.82) is 0 Å². The second kappa shape index (κ2) is 7.89. The van der Waals surface area contributed by atoms with Gasteiger partial charge in [0, 0.05) is 23.9 Å². The van der Waals surface area contributed by atoms with Crippen LogP contribution in [-0.4, -0.2) is 29.6 Å². The Morgan fingerprint density at radius 2 is 2.08 bits per heavy atom. The van der Waals surface area contributed by atoms with Gasteiger partial charge in [-0.1, -0.05) is 30.3 Å². The van der Waals surface area contributed by atoms with Crippen molar-refractivity contribution in [2.45, 2.75) is 57.5 Å². The molecule has 1 aromatic carbocycles. The summed E-state index contributed by atoms with van der Waals surface area (Å²) in [5.41, 5.74) is 2.11. The number of rotatable bonds is 6. The van der Waals surface area contributed by atoms with E-state index in [4.69, 9.17) is 4.74 Å². The summed E-state index contributed by atoms with van der Waals surface area (Å²) in [4.78, 5) is 16.6. The van der Waals surface area contributed by atoms with Gasteiger partial charge in [0.25, 0.3) is 0 Å². The van der Waals surface area contributed by atoms with Gasteiger partial charge in [-0.15, -0.1) is 11.3 Å². The average Bonchev–Trinajstić information content (AvgIpc) is 2.99. The lowest BCUT2D eigenvalue weighted by molar-refractivity contribution is -0.120. The molecule has 4 nitrogen and oxygen atoms in total. The highest BCUT2D eigenvalue weighted by molar-refractivity contribution is 7.09. The Balaban J connectivity index is 1.64. The van der Waals surface area contributed by atoms with Crippen molar-refractivity contribution in [1.82, 2.24) is 10.3 Å². The number of ether oxygens (including phenoxy) is 1. The lowest BCUT2D eigenvalue weighted by atomic mass is 9.67. The molecule has 5 heteroatoms. The lowest BCUT2D eigenvalue weighted by Gasteiger charge is -2.45. The van der Waals surface area contributed by atoms with Crippen LogP contribution in [0.1, 0.15) is 49.4 Å². The molecule has 1 aliphatic heterocycles. The molecule has 0 aliphatic carbocycles. The summed E-state index contributed by atoms with van der Waals surface area (Å²) in [7, 11) is 0. The molecule has 1 atom stereocenters. The molecule has 1 aromatic heterocycles. The number of benzene rings is 1. The van der Waals surface area contributed by atoms with Crippen LogP contribution in [0.2, 0.25) is 0 Å². The minimum absolute atomic E-state index is 0.0461. The number of aromatic nitrogens is 1. The number of aryl methyl sites for hydroxylation is 1. The van der Waals surface area contributed by atoms with E-state index in [0.29, 0.717) is 13.0 Å². The highest BCUT2D eigenvalue weighted by atomic mass is 32.1. The van der Waals surface area contributed by atoms with Crippen molar-refractivity contribution in [2.24, 2.45) is 0 Å². The highest BCUT2D eigenvalue weighted by Gasteiger charge is 2.41. The van der Waals surface area contributed by atoms with Crippen molar-refractivity contribution < 1.29 is 9.53 Å². The lowest BCUT2D eigenvalue weighted by Crippen LogP contribution is -2.45. The largest absolute Gasteiger partial charge is 0.376 e. The first-order valence-electron chi connectivity index (χ1n) is 9.26. The fourth-order valence-electron chi connectivity index (χ4n) is 4.03. The van der Waals surface area contributed by atoms with E-state index in [1.54, 1.807) is 11.3 Å². The van der Waals surface area contributed by atoms with Crippen molar-refractivity contribution >= 4 is 17.2 Å². The molecule has 0 radical (unpaired) electrons. The molecule has 3 rings (SSSR count). The third-order valence-corrected chi connectivity index (χ3v) is 5.98. The quantitative estimate of drug-likeness (QED) is 0.833. The zero-order valence-corrected chi connectivity index (χ0v) is 16.7. The number of nitrogens with one attached hydrogen (secondary N) is 1. The van der Waals surface area contributed by atoms with Gasteiger partial charge in [-0.3, -0.25) is 4.79 Å². The van der Waals surface area contributed by atoms with Gasteiger partial charge in [0.05, 0.1) is 22.7 Å². The van der Waals surface area contributed by atoms with Crippen LogP contribution in [0.3, 0.4) is 0 Å². The zero-order chi connectivity index (χ0) is 18.6. The van der Waals surface area contributed by atoms with Crippen LogP contribution in [-0.2, 0) is 21.4 Å². The summed E-state index contributed by atoms with van der Waals surface area (Å²) in [6, 6.07) is 10.7. The number of hydrogen-bond donors (Lipinski definition) is 1. The van der Waals surface area contributed by atoms with Crippen molar-refractivity contribution in [3.8, 4) is 0 Å². The van der Waals surface area contributed by atoms with E-state index in [2.05, 4.69) is 54.5 Å². The van der Waals surface area contributed by atoms with E-state index < -0.39 is 0 Å². The number of hydrogen-bond acceptors (Lipinski definition) is 4. The number of nitrogens with zero attached hydrogens (tertiary/aromatic N) is 1. The van der Waals surface area contributed by atoms with Crippen LogP contribution in [0.25, 0.3) is 0 Å². The summed E-state index contributed by atoms with van der Waals surface area (Å²) < 4.78 is 5.96. The Hall–Kier alpha value is -1.72. The van der Waals surface area contributed by atoms with Gasteiger partial charge in [-0.25, -0.2) is 4.98 Å². The Kier molecular flexibility index (Phi) is 5.78. The molecule has 0 saturated carbocycles. The average molecular weight is 373 g/mol. The minimum Gasteiger partial charge on any atom is -0.376 e. The Morgan fingerprint density at radius 1 is 1.31 bits per heavy atom. The third-order valence-electron chi connectivity index (χ3n) is 5.16. The fourth-order valence-corrected chi connectivity index (χ4v) is 4.64. The van der Waals surface area contributed by atoms with Gasteiger partial charge in [0.15, 0.2) is 0 Å². The van der Waals surface area contributed by atoms with E-state index in [9.17, 15) is 4.79 Å². The Bertz CT molecular complexity index is 741. The molecule has 2 aromatic rings. The first-order chi connectivity index (χ1) is 12.4. The predicted molar refractivity (Wildman–Crippen MR) is 106 cm³/mol. The summed E-state index contributed by atoms with van der Waals surface area (Å²) in [5.74, 6) is 0.0461. The van der Waals surface area contributed by atoms with Gasteiger partial charge in [-0.05, 0) is 45.6 Å². The number of amides is 1. The zero-order valence-electron chi connectivity index (χ0n) is 15.9. The molecular weight excluding hydrogens is 344 g/mol. The standard InChI is InChI=1S/C21H28N2O2S/c1-16-23-18(14-26-16)13-19(24)22-11-9-21(17-7-5-4-6-8-17)10-12-25-20(2,3)15-21/h4-8,14H,9-13,15H2,1-3H3,(H,22,24)/t21-/m1/s1. The van der Waals surface area contributed by atoms with Gasteiger partial charge >= 0.3 is 0 Å². The van der Waals surface area contributed by atoms with E-state index in [-0.39, 0.29) is 16.9 Å². The molecule has 140 valence electrons. The van der Waals surface area contributed by atoms with Crippen molar-refractivity contribution in [3.05, 3.63) is 52.0 Å². The molecule has 1 amide bonds. The van der Waals surface area contributed by atoms with Crippen LogP contribution in [0.5, 0.6) is 0 Å². The molecule has 1 aliphatic rings. The second-order valence-corrected chi connectivity index (χ2v) is 8.88. The topological polar surface area (TPSA) is 51.2 Å². The van der Waals surface area contributed by atoms with Gasteiger partial charge in [0.1, 0.15) is 0 Å². The van der Waals surface area contributed by atoms with Crippen LogP contribution in [0.4, 0.5) is 0 Å². The van der Waals surface area contributed by atoms with E-state index >= 15 is 0 Å². The maximum Gasteiger partial charge on any atom is 0.226 e.